The van der Waals surface area contributed by atoms with Gasteiger partial charge in [-0.1, -0.05) is 25.4 Å². The average Bonchev–Trinajstić information content (AvgIpc) is 2.28. The second-order valence-electron chi connectivity index (χ2n) is 4.69. The monoisotopic (exact) mass is 256 g/mol. The Morgan fingerprint density at radius 3 is 2.71 bits per heavy atom. The van der Waals surface area contributed by atoms with Crippen LogP contribution in [0.5, 0.6) is 0 Å². The van der Waals surface area contributed by atoms with Crippen LogP contribution in [0.25, 0.3) is 0 Å². The number of pyridine rings is 1. The van der Waals surface area contributed by atoms with E-state index in [9.17, 15) is 5.11 Å². The van der Waals surface area contributed by atoms with Crippen LogP contribution in [-0.2, 0) is 0 Å². The van der Waals surface area contributed by atoms with E-state index in [1.54, 1.807) is 6.20 Å². The lowest BCUT2D eigenvalue weighted by atomic mass is 10.0. The van der Waals surface area contributed by atoms with Gasteiger partial charge >= 0.3 is 0 Å². The van der Waals surface area contributed by atoms with Crippen LogP contribution in [0.4, 0.5) is 0 Å². The third kappa shape index (κ3) is 5.02. The third-order valence-corrected chi connectivity index (χ3v) is 3.12. The van der Waals surface area contributed by atoms with Crippen molar-refractivity contribution in [3.05, 3.63) is 29.0 Å². The van der Waals surface area contributed by atoms with E-state index in [0.717, 1.165) is 18.5 Å². The molecule has 0 aromatic carbocycles. The Bertz CT molecular complexity index is 344. The minimum atomic E-state index is -0.240. The molecule has 2 atom stereocenters. The summed E-state index contributed by atoms with van der Waals surface area (Å²) >= 11 is 5.84. The van der Waals surface area contributed by atoms with Crippen LogP contribution in [0, 0.1) is 5.92 Å². The summed E-state index contributed by atoms with van der Waals surface area (Å²) < 4.78 is 0. The number of nitrogens with zero attached hydrogens (tertiary/aromatic N) is 1. The summed E-state index contributed by atoms with van der Waals surface area (Å²) in [4.78, 5) is 3.95. The van der Waals surface area contributed by atoms with Crippen LogP contribution in [0.3, 0.4) is 0 Å². The van der Waals surface area contributed by atoms with E-state index in [1.807, 2.05) is 26.0 Å². The number of nitrogens with one attached hydrogen (secondary N) is 1. The topological polar surface area (TPSA) is 45.1 Å². The van der Waals surface area contributed by atoms with Crippen molar-refractivity contribution < 1.29 is 5.11 Å². The van der Waals surface area contributed by atoms with Crippen molar-refractivity contribution in [1.29, 1.82) is 0 Å². The number of hydrogen-bond acceptors (Lipinski definition) is 3. The summed E-state index contributed by atoms with van der Waals surface area (Å²) in [7, 11) is 0. The van der Waals surface area contributed by atoms with Crippen LogP contribution in [-0.4, -0.2) is 22.7 Å². The van der Waals surface area contributed by atoms with Gasteiger partial charge in [0.1, 0.15) is 5.15 Å². The van der Waals surface area contributed by atoms with Crippen molar-refractivity contribution in [2.24, 2.45) is 5.92 Å². The largest absolute Gasteiger partial charge is 0.393 e. The molecule has 3 nitrogen and oxygen atoms in total. The Morgan fingerprint density at radius 2 is 2.12 bits per heavy atom. The number of aliphatic hydroxyl groups is 1. The summed E-state index contributed by atoms with van der Waals surface area (Å²) in [5.74, 6) is 0.308. The molecule has 0 aliphatic heterocycles. The molecule has 0 aliphatic rings. The van der Waals surface area contributed by atoms with E-state index in [0.29, 0.717) is 11.1 Å². The molecule has 4 heteroatoms. The van der Waals surface area contributed by atoms with Crippen LogP contribution in [0.15, 0.2) is 18.3 Å². The Morgan fingerprint density at radius 1 is 1.41 bits per heavy atom. The fourth-order valence-electron chi connectivity index (χ4n) is 1.59. The van der Waals surface area contributed by atoms with E-state index in [2.05, 4.69) is 17.2 Å². The maximum Gasteiger partial charge on any atom is 0.129 e. The SMILES string of the molecule is CC(NCCC(O)C(C)C)c1ccnc(Cl)c1. The first-order valence-electron chi connectivity index (χ1n) is 6.03. The molecule has 0 radical (unpaired) electrons. The molecule has 2 unspecified atom stereocenters. The molecule has 0 bridgehead atoms. The zero-order chi connectivity index (χ0) is 12.8. The normalized spacial score (nSPS) is 14.9. The first-order chi connectivity index (χ1) is 8.00. The summed E-state index contributed by atoms with van der Waals surface area (Å²) in [6, 6.07) is 4.02. The standard InChI is InChI=1S/C13H21ClN2O/c1-9(2)12(17)5-7-15-10(3)11-4-6-16-13(14)8-11/h4,6,8-10,12,15,17H,5,7H2,1-3H3. The number of halogens is 1. The van der Waals surface area contributed by atoms with Crippen molar-refractivity contribution in [3.63, 3.8) is 0 Å². The molecular weight excluding hydrogens is 236 g/mol. The highest BCUT2D eigenvalue weighted by Gasteiger charge is 2.10. The Labute approximate surface area is 108 Å². The highest BCUT2D eigenvalue weighted by Crippen LogP contribution is 2.15. The Kier molecular flexibility index (Phi) is 5.89. The zero-order valence-electron chi connectivity index (χ0n) is 10.7. The van der Waals surface area contributed by atoms with Crippen molar-refractivity contribution in [1.82, 2.24) is 10.3 Å². The van der Waals surface area contributed by atoms with Crippen molar-refractivity contribution in [2.45, 2.75) is 39.3 Å². The van der Waals surface area contributed by atoms with Gasteiger partial charge in [-0.3, -0.25) is 0 Å². The molecule has 0 saturated heterocycles. The maximum atomic E-state index is 9.68. The number of aliphatic hydroxyl groups excluding tert-OH is 1. The van der Waals surface area contributed by atoms with Gasteiger partial charge in [-0.2, -0.15) is 0 Å². The molecule has 0 aliphatic carbocycles. The molecule has 17 heavy (non-hydrogen) atoms. The fraction of sp³-hybridized carbons (Fsp3) is 0.615. The molecule has 0 fully saturated rings. The quantitative estimate of drug-likeness (QED) is 0.770. The molecule has 0 amide bonds. The van der Waals surface area contributed by atoms with Gasteiger partial charge in [0.05, 0.1) is 6.10 Å². The fourth-order valence-corrected chi connectivity index (χ4v) is 1.77. The molecule has 1 heterocycles. The van der Waals surface area contributed by atoms with Gasteiger partial charge in [-0.15, -0.1) is 0 Å². The molecule has 2 N–H and O–H groups in total. The number of rotatable bonds is 6. The lowest BCUT2D eigenvalue weighted by Crippen LogP contribution is -2.25. The van der Waals surface area contributed by atoms with Gasteiger partial charge in [0.15, 0.2) is 0 Å². The van der Waals surface area contributed by atoms with E-state index in [4.69, 9.17) is 11.6 Å². The molecule has 0 spiro atoms. The summed E-state index contributed by atoms with van der Waals surface area (Å²) in [5.41, 5.74) is 1.11. The van der Waals surface area contributed by atoms with Crippen molar-refractivity contribution in [3.8, 4) is 0 Å². The summed E-state index contributed by atoms with van der Waals surface area (Å²) in [5, 5.41) is 13.6. The van der Waals surface area contributed by atoms with E-state index in [-0.39, 0.29) is 12.1 Å². The Balaban J connectivity index is 2.37. The number of aromatic nitrogens is 1. The lowest BCUT2D eigenvalue weighted by molar-refractivity contribution is 0.115. The van der Waals surface area contributed by atoms with Crippen molar-refractivity contribution in [2.75, 3.05) is 6.54 Å². The minimum Gasteiger partial charge on any atom is -0.393 e. The average molecular weight is 257 g/mol. The van der Waals surface area contributed by atoms with Crippen LogP contribution in [0.2, 0.25) is 5.15 Å². The molecule has 0 saturated carbocycles. The van der Waals surface area contributed by atoms with Gasteiger partial charge in [-0.25, -0.2) is 4.98 Å². The highest BCUT2D eigenvalue weighted by atomic mass is 35.5. The van der Waals surface area contributed by atoms with Gasteiger partial charge in [0, 0.05) is 12.2 Å². The highest BCUT2D eigenvalue weighted by molar-refractivity contribution is 6.29. The summed E-state index contributed by atoms with van der Waals surface area (Å²) in [6.07, 6.45) is 2.23. The molecule has 96 valence electrons. The lowest BCUT2D eigenvalue weighted by Gasteiger charge is -2.18. The third-order valence-electron chi connectivity index (χ3n) is 2.91. The molecule has 1 aromatic heterocycles. The van der Waals surface area contributed by atoms with Gasteiger partial charge in [-0.05, 0) is 43.5 Å². The number of hydrogen-bond donors (Lipinski definition) is 2. The van der Waals surface area contributed by atoms with Crippen molar-refractivity contribution >= 4 is 11.6 Å². The molecular formula is C13H21ClN2O. The predicted octanol–water partition coefficient (Wildman–Crippen LogP) is 2.79. The maximum absolute atomic E-state index is 9.68. The van der Waals surface area contributed by atoms with Crippen LogP contribution >= 0.6 is 11.6 Å². The molecule has 1 rings (SSSR count). The first kappa shape index (κ1) is 14.4. The second-order valence-corrected chi connectivity index (χ2v) is 5.07. The molecule has 1 aromatic rings. The first-order valence-corrected chi connectivity index (χ1v) is 6.41. The van der Waals surface area contributed by atoms with Gasteiger partial charge in [0.25, 0.3) is 0 Å². The van der Waals surface area contributed by atoms with Gasteiger partial charge in [0.2, 0.25) is 0 Å². The van der Waals surface area contributed by atoms with Gasteiger partial charge < -0.3 is 10.4 Å². The minimum absolute atomic E-state index is 0.217. The van der Waals surface area contributed by atoms with E-state index in [1.165, 1.54) is 0 Å². The van der Waals surface area contributed by atoms with Crippen LogP contribution < -0.4 is 5.32 Å². The predicted molar refractivity (Wildman–Crippen MR) is 71.1 cm³/mol. The second kappa shape index (κ2) is 6.94. The zero-order valence-corrected chi connectivity index (χ0v) is 11.4. The van der Waals surface area contributed by atoms with E-state index < -0.39 is 0 Å². The van der Waals surface area contributed by atoms with E-state index >= 15 is 0 Å². The summed E-state index contributed by atoms with van der Waals surface area (Å²) in [6.45, 7) is 6.92. The van der Waals surface area contributed by atoms with Crippen LogP contribution in [0.1, 0.15) is 38.8 Å². The smallest absolute Gasteiger partial charge is 0.129 e. The Hall–Kier alpha value is -0.640.